The van der Waals surface area contributed by atoms with Crippen LogP contribution < -0.4 is 5.32 Å². The summed E-state index contributed by atoms with van der Waals surface area (Å²) in [5.41, 5.74) is 0.350. The van der Waals surface area contributed by atoms with Crippen molar-refractivity contribution in [3.8, 4) is 0 Å². The molecule has 8 heteroatoms. The van der Waals surface area contributed by atoms with Crippen LogP contribution in [-0.2, 0) is 16.6 Å². The molecule has 1 heterocycles. The van der Waals surface area contributed by atoms with Crippen molar-refractivity contribution in [1.29, 1.82) is 0 Å². The lowest BCUT2D eigenvalue weighted by molar-refractivity contribution is 0.0949. The highest BCUT2D eigenvalue weighted by Crippen LogP contribution is 2.14. The standard InChI is InChI=1S/C12H21N3O3S2/c1-4-6-13-12(16)10-9-19-11(14-10)8-15(7-5-2)20(3,17)18/h9H,4-8H2,1-3H3,(H,13,16). The molecule has 1 aromatic heterocycles. The molecule has 0 atom stereocenters. The topological polar surface area (TPSA) is 79.4 Å². The molecule has 114 valence electrons. The summed E-state index contributed by atoms with van der Waals surface area (Å²) in [6.45, 7) is 5.18. The second-order valence-corrected chi connectivity index (χ2v) is 7.40. The normalized spacial score (nSPS) is 11.8. The Bertz CT molecular complexity index is 540. The van der Waals surface area contributed by atoms with Gasteiger partial charge in [0, 0.05) is 18.5 Å². The van der Waals surface area contributed by atoms with Gasteiger partial charge >= 0.3 is 0 Å². The highest BCUT2D eigenvalue weighted by Gasteiger charge is 2.18. The van der Waals surface area contributed by atoms with E-state index < -0.39 is 10.0 Å². The van der Waals surface area contributed by atoms with Gasteiger partial charge in [0.1, 0.15) is 10.7 Å². The first kappa shape index (κ1) is 17.1. The van der Waals surface area contributed by atoms with Crippen LogP contribution in [0.25, 0.3) is 0 Å². The van der Waals surface area contributed by atoms with Crippen molar-refractivity contribution in [2.45, 2.75) is 33.2 Å². The maximum Gasteiger partial charge on any atom is 0.270 e. The highest BCUT2D eigenvalue weighted by molar-refractivity contribution is 7.88. The summed E-state index contributed by atoms with van der Waals surface area (Å²) >= 11 is 1.30. The summed E-state index contributed by atoms with van der Waals surface area (Å²) in [5.74, 6) is -0.212. The molecule has 0 aliphatic heterocycles. The Morgan fingerprint density at radius 2 is 2.10 bits per heavy atom. The van der Waals surface area contributed by atoms with Crippen molar-refractivity contribution in [2.24, 2.45) is 0 Å². The van der Waals surface area contributed by atoms with Gasteiger partial charge < -0.3 is 5.32 Å². The SMILES string of the molecule is CCCNC(=O)c1csc(CN(CCC)S(C)(=O)=O)n1. The lowest BCUT2D eigenvalue weighted by Gasteiger charge is -2.17. The fourth-order valence-corrected chi connectivity index (χ4v) is 3.32. The summed E-state index contributed by atoms with van der Waals surface area (Å²) in [6.07, 6.45) is 2.79. The van der Waals surface area contributed by atoms with Crippen molar-refractivity contribution < 1.29 is 13.2 Å². The summed E-state index contributed by atoms with van der Waals surface area (Å²) in [4.78, 5) is 15.9. The van der Waals surface area contributed by atoms with Gasteiger partial charge in [0.05, 0.1) is 12.8 Å². The first-order chi connectivity index (χ1) is 9.38. The molecule has 0 spiro atoms. The summed E-state index contributed by atoms with van der Waals surface area (Å²) in [7, 11) is -3.25. The third-order valence-electron chi connectivity index (χ3n) is 2.57. The van der Waals surface area contributed by atoms with E-state index in [0.29, 0.717) is 23.8 Å². The molecule has 0 saturated heterocycles. The molecule has 0 saturated carbocycles. The Kier molecular flexibility index (Phi) is 6.57. The van der Waals surface area contributed by atoms with E-state index in [1.165, 1.54) is 21.9 Å². The Labute approximate surface area is 124 Å². The van der Waals surface area contributed by atoms with Crippen LogP contribution in [0.1, 0.15) is 42.2 Å². The smallest absolute Gasteiger partial charge is 0.270 e. The molecule has 0 fully saturated rings. The van der Waals surface area contributed by atoms with E-state index in [9.17, 15) is 13.2 Å². The van der Waals surface area contributed by atoms with E-state index in [0.717, 1.165) is 12.8 Å². The fraction of sp³-hybridized carbons (Fsp3) is 0.667. The maximum absolute atomic E-state index is 11.7. The third-order valence-corrected chi connectivity index (χ3v) is 4.66. The van der Waals surface area contributed by atoms with Gasteiger partial charge in [-0.3, -0.25) is 4.79 Å². The minimum Gasteiger partial charge on any atom is -0.351 e. The predicted molar refractivity (Wildman–Crippen MR) is 80.3 cm³/mol. The van der Waals surface area contributed by atoms with Crippen molar-refractivity contribution in [1.82, 2.24) is 14.6 Å². The quantitative estimate of drug-likeness (QED) is 0.786. The van der Waals surface area contributed by atoms with Gasteiger partial charge in [0.25, 0.3) is 5.91 Å². The molecule has 0 bridgehead atoms. The van der Waals surface area contributed by atoms with Crippen LogP contribution in [0.15, 0.2) is 5.38 Å². The number of hydrogen-bond donors (Lipinski definition) is 1. The molecule has 0 aliphatic carbocycles. The zero-order chi connectivity index (χ0) is 15.2. The summed E-state index contributed by atoms with van der Waals surface area (Å²) in [5, 5.41) is 5.03. The number of aromatic nitrogens is 1. The molecule has 6 nitrogen and oxygen atoms in total. The number of nitrogens with zero attached hydrogens (tertiary/aromatic N) is 2. The van der Waals surface area contributed by atoms with Crippen molar-refractivity contribution >= 4 is 27.3 Å². The van der Waals surface area contributed by atoms with Gasteiger partial charge in [-0.15, -0.1) is 11.3 Å². The van der Waals surface area contributed by atoms with Crippen LogP contribution in [0.5, 0.6) is 0 Å². The monoisotopic (exact) mass is 319 g/mol. The molecular weight excluding hydrogens is 298 g/mol. The largest absolute Gasteiger partial charge is 0.351 e. The molecular formula is C12H21N3O3S2. The number of carbonyl (C=O) groups is 1. The van der Waals surface area contributed by atoms with E-state index in [1.54, 1.807) is 5.38 Å². The molecule has 0 aromatic carbocycles. The zero-order valence-electron chi connectivity index (χ0n) is 12.0. The molecule has 1 N–H and O–H groups in total. The minimum absolute atomic E-state index is 0.212. The molecule has 1 rings (SSSR count). The molecule has 0 unspecified atom stereocenters. The Balaban J connectivity index is 2.73. The van der Waals surface area contributed by atoms with Gasteiger partial charge in [-0.1, -0.05) is 13.8 Å². The molecule has 20 heavy (non-hydrogen) atoms. The minimum atomic E-state index is -3.25. The maximum atomic E-state index is 11.7. The Morgan fingerprint density at radius 1 is 1.40 bits per heavy atom. The van der Waals surface area contributed by atoms with Gasteiger partial charge in [-0.05, 0) is 12.8 Å². The van der Waals surface area contributed by atoms with Crippen molar-refractivity contribution in [3.05, 3.63) is 16.1 Å². The molecule has 1 amide bonds. The summed E-state index contributed by atoms with van der Waals surface area (Å²) in [6, 6.07) is 0. The van der Waals surface area contributed by atoms with Gasteiger partial charge in [0.2, 0.25) is 10.0 Å². The molecule has 1 aromatic rings. The van der Waals surface area contributed by atoms with Crippen LogP contribution >= 0.6 is 11.3 Å². The molecule has 0 aliphatic rings. The number of sulfonamides is 1. The van der Waals surface area contributed by atoms with E-state index in [1.807, 2.05) is 13.8 Å². The lowest BCUT2D eigenvalue weighted by atomic mass is 10.4. The van der Waals surface area contributed by atoms with E-state index in [-0.39, 0.29) is 12.5 Å². The highest BCUT2D eigenvalue weighted by atomic mass is 32.2. The zero-order valence-corrected chi connectivity index (χ0v) is 13.7. The van der Waals surface area contributed by atoms with Crippen LogP contribution in [0.3, 0.4) is 0 Å². The van der Waals surface area contributed by atoms with E-state index in [2.05, 4.69) is 10.3 Å². The van der Waals surface area contributed by atoms with Crippen molar-refractivity contribution in [3.63, 3.8) is 0 Å². The number of rotatable bonds is 8. The van der Waals surface area contributed by atoms with Crippen LogP contribution in [0.2, 0.25) is 0 Å². The van der Waals surface area contributed by atoms with Crippen LogP contribution in [0.4, 0.5) is 0 Å². The average molecular weight is 319 g/mol. The number of nitrogens with one attached hydrogen (secondary N) is 1. The summed E-state index contributed by atoms with van der Waals surface area (Å²) < 4.78 is 24.6. The number of amides is 1. The van der Waals surface area contributed by atoms with Gasteiger partial charge in [-0.2, -0.15) is 4.31 Å². The first-order valence-corrected chi connectivity index (χ1v) is 9.29. The number of thiazole rings is 1. The Morgan fingerprint density at radius 3 is 2.65 bits per heavy atom. The van der Waals surface area contributed by atoms with Crippen molar-refractivity contribution in [2.75, 3.05) is 19.3 Å². The Hall–Kier alpha value is -0.990. The number of carbonyl (C=O) groups excluding carboxylic acids is 1. The van der Waals surface area contributed by atoms with Crippen LogP contribution in [-0.4, -0.2) is 43.0 Å². The average Bonchev–Trinajstić information content (AvgIpc) is 2.83. The third kappa shape index (κ3) is 5.18. The molecule has 0 radical (unpaired) electrons. The first-order valence-electron chi connectivity index (χ1n) is 6.56. The van der Waals surface area contributed by atoms with E-state index >= 15 is 0 Å². The number of hydrogen-bond acceptors (Lipinski definition) is 5. The lowest BCUT2D eigenvalue weighted by Crippen LogP contribution is -2.30. The van der Waals surface area contributed by atoms with E-state index in [4.69, 9.17) is 0 Å². The van der Waals surface area contributed by atoms with Gasteiger partial charge in [0.15, 0.2) is 0 Å². The van der Waals surface area contributed by atoms with Gasteiger partial charge in [-0.25, -0.2) is 13.4 Å². The second-order valence-electron chi connectivity index (χ2n) is 4.48. The predicted octanol–water partition coefficient (Wildman–Crippen LogP) is 1.45. The fourth-order valence-electron chi connectivity index (χ4n) is 1.58. The van der Waals surface area contributed by atoms with Crippen LogP contribution in [0, 0.1) is 0 Å². The second kappa shape index (κ2) is 7.70.